The number of amides is 1. The second-order valence-electron chi connectivity index (χ2n) is 6.16. The van der Waals surface area contributed by atoms with Crippen LogP contribution in [0.1, 0.15) is 32.0 Å². The van der Waals surface area contributed by atoms with Gasteiger partial charge in [0, 0.05) is 23.1 Å². The number of anilines is 1. The summed E-state index contributed by atoms with van der Waals surface area (Å²) in [7, 11) is 0. The predicted octanol–water partition coefficient (Wildman–Crippen LogP) is 3.53. The van der Waals surface area contributed by atoms with Crippen molar-refractivity contribution in [2.45, 2.75) is 38.8 Å². The number of thiazole rings is 1. The predicted molar refractivity (Wildman–Crippen MR) is 92.0 cm³/mol. The molecule has 0 aliphatic carbocycles. The third kappa shape index (κ3) is 2.54. The van der Waals surface area contributed by atoms with Crippen molar-refractivity contribution in [2.75, 3.05) is 4.90 Å². The van der Waals surface area contributed by atoms with Crippen LogP contribution >= 0.6 is 11.3 Å². The fourth-order valence-electron chi connectivity index (χ4n) is 3.28. The molecule has 24 heavy (non-hydrogen) atoms. The van der Waals surface area contributed by atoms with Crippen molar-refractivity contribution in [3.05, 3.63) is 41.9 Å². The molecule has 0 N–H and O–H groups in total. The van der Waals surface area contributed by atoms with Gasteiger partial charge in [0.15, 0.2) is 0 Å². The minimum atomic E-state index is 0.0557. The van der Waals surface area contributed by atoms with Gasteiger partial charge in [-0.2, -0.15) is 5.10 Å². The fraction of sp³-hybridized carbons (Fsp3) is 0.353. The Bertz CT molecular complexity index is 852. The number of nitrogens with zero attached hydrogens (tertiary/aromatic N) is 4. The summed E-state index contributed by atoms with van der Waals surface area (Å²) in [5, 5.41) is 7.16. The highest BCUT2D eigenvalue weighted by Gasteiger charge is 2.32. The maximum Gasteiger partial charge on any atom is 0.234 e. The Hall–Kier alpha value is -2.41. The normalized spacial score (nSPS) is 20.2. The van der Waals surface area contributed by atoms with Gasteiger partial charge in [0.2, 0.25) is 5.91 Å². The van der Waals surface area contributed by atoms with E-state index in [1.807, 2.05) is 27.1 Å². The second-order valence-corrected chi connectivity index (χ2v) is 7.02. The zero-order chi connectivity index (χ0) is 16.7. The fourth-order valence-corrected chi connectivity index (χ4v) is 4.09. The molecule has 0 aromatic carbocycles. The van der Waals surface area contributed by atoms with Crippen molar-refractivity contribution < 1.29 is 9.21 Å². The van der Waals surface area contributed by atoms with Gasteiger partial charge in [0.25, 0.3) is 0 Å². The highest BCUT2D eigenvalue weighted by Crippen LogP contribution is 2.32. The van der Waals surface area contributed by atoms with Gasteiger partial charge >= 0.3 is 0 Å². The molecule has 7 heteroatoms. The number of furan rings is 1. The smallest absolute Gasteiger partial charge is 0.234 e. The molecule has 0 unspecified atom stereocenters. The SMILES string of the molecule is C[C@@H]1C[C@H](C)n2nccc2N1C(=O)Cc1csc(-c2ccoc2)n1. The summed E-state index contributed by atoms with van der Waals surface area (Å²) >= 11 is 1.52. The summed E-state index contributed by atoms with van der Waals surface area (Å²) in [5.41, 5.74) is 1.73. The molecule has 4 rings (SSSR count). The van der Waals surface area contributed by atoms with Crippen LogP contribution in [0, 0.1) is 0 Å². The van der Waals surface area contributed by atoms with E-state index in [2.05, 4.69) is 23.9 Å². The van der Waals surface area contributed by atoms with E-state index in [0.717, 1.165) is 28.5 Å². The molecule has 1 aliphatic heterocycles. The Morgan fingerprint density at radius 3 is 3.04 bits per heavy atom. The van der Waals surface area contributed by atoms with Crippen LogP contribution in [0.5, 0.6) is 0 Å². The first-order valence-electron chi connectivity index (χ1n) is 7.96. The summed E-state index contributed by atoms with van der Waals surface area (Å²) in [6.45, 7) is 4.22. The molecule has 3 aromatic rings. The Balaban J connectivity index is 1.56. The topological polar surface area (TPSA) is 64.2 Å². The van der Waals surface area contributed by atoms with Gasteiger partial charge < -0.3 is 4.42 Å². The number of rotatable bonds is 3. The van der Waals surface area contributed by atoms with E-state index in [1.165, 1.54) is 11.3 Å². The summed E-state index contributed by atoms with van der Waals surface area (Å²) in [6.07, 6.45) is 6.23. The summed E-state index contributed by atoms with van der Waals surface area (Å²) in [4.78, 5) is 19.3. The van der Waals surface area contributed by atoms with Crippen molar-refractivity contribution in [2.24, 2.45) is 0 Å². The van der Waals surface area contributed by atoms with E-state index in [1.54, 1.807) is 18.7 Å². The third-order valence-electron chi connectivity index (χ3n) is 4.36. The Kier molecular flexibility index (Phi) is 3.72. The van der Waals surface area contributed by atoms with Crippen molar-refractivity contribution in [3.63, 3.8) is 0 Å². The van der Waals surface area contributed by atoms with E-state index in [0.29, 0.717) is 6.04 Å². The van der Waals surface area contributed by atoms with Gasteiger partial charge in [0.1, 0.15) is 17.1 Å². The molecule has 0 saturated carbocycles. The first-order chi connectivity index (χ1) is 11.6. The zero-order valence-electron chi connectivity index (χ0n) is 13.5. The summed E-state index contributed by atoms with van der Waals surface area (Å²) < 4.78 is 7.02. The minimum absolute atomic E-state index is 0.0557. The maximum absolute atomic E-state index is 12.9. The molecule has 0 spiro atoms. The third-order valence-corrected chi connectivity index (χ3v) is 5.30. The molecular formula is C17H18N4O2S. The number of aromatic nitrogens is 3. The first-order valence-corrected chi connectivity index (χ1v) is 8.84. The van der Waals surface area contributed by atoms with Gasteiger partial charge in [-0.1, -0.05) is 0 Å². The van der Waals surface area contributed by atoms with E-state index in [4.69, 9.17) is 4.42 Å². The monoisotopic (exact) mass is 342 g/mol. The van der Waals surface area contributed by atoms with Crippen LogP contribution in [0.15, 0.2) is 40.7 Å². The standard InChI is InChI=1S/C17H18N4O2S/c1-11-7-12(2)21-15(3-5-18-21)20(11)16(22)8-14-10-24-17(19-14)13-4-6-23-9-13/h3-6,9-12H,7-8H2,1-2H3/t11-,12+/m1/s1. The Labute approximate surface area is 143 Å². The van der Waals surface area contributed by atoms with Gasteiger partial charge in [-0.25, -0.2) is 9.67 Å². The van der Waals surface area contributed by atoms with Crippen LogP contribution in [-0.4, -0.2) is 26.7 Å². The van der Waals surface area contributed by atoms with E-state index < -0.39 is 0 Å². The number of carbonyl (C=O) groups is 1. The molecule has 124 valence electrons. The molecule has 0 saturated heterocycles. The van der Waals surface area contributed by atoms with Crippen LogP contribution in [0.25, 0.3) is 10.6 Å². The van der Waals surface area contributed by atoms with Crippen molar-refractivity contribution >= 4 is 23.1 Å². The number of carbonyl (C=O) groups excluding carboxylic acids is 1. The van der Waals surface area contributed by atoms with E-state index in [-0.39, 0.29) is 18.4 Å². The average Bonchev–Trinajstić information content (AvgIpc) is 3.28. The molecule has 1 aliphatic rings. The van der Waals surface area contributed by atoms with Crippen molar-refractivity contribution in [1.82, 2.24) is 14.8 Å². The van der Waals surface area contributed by atoms with Crippen LogP contribution in [-0.2, 0) is 11.2 Å². The minimum Gasteiger partial charge on any atom is -0.472 e. The van der Waals surface area contributed by atoms with Gasteiger partial charge in [-0.3, -0.25) is 9.69 Å². The van der Waals surface area contributed by atoms with E-state index in [9.17, 15) is 4.79 Å². The zero-order valence-corrected chi connectivity index (χ0v) is 14.4. The number of fused-ring (bicyclic) bond motifs is 1. The Morgan fingerprint density at radius 1 is 1.38 bits per heavy atom. The lowest BCUT2D eigenvalue weighted by Gasteiger charge is -2.36. The lowest BCUT2D eigenvalue weighted by molar-refractivity contribution is -0.118. The molecule has 4 heterocycles. The number of hydrogen-bond donors (Lipinski definition) is 0. The maximum atomic E-state index is 12.9. The van der Waals surface area contributed by atoms with Crippen LogP contribution in [0.3, 0.4) is 0 Å². The Morgan fingerprint density at radius 2 is 2.25 bits per heavy atom. The number of hydrogen-bond acceptors (Lipinski definition) is 5. The van der Waals surface area contributed by atoms with Gasteiger partial charge in [0.05, 0.1) is 30.6 Å². The van der Waals surface area contributed by atoms with Crippen molar-refractivity contribution in [3.8, 4) is 10.6 Å². The van der Waals surface area contributed by atoms with Crippen LogP contribution < -0.4 is 4.90 Å². The highest BCUT2D eigenvalue weighted by atomic mass is 32.1. The summed E-state index contributed by atoms with van der Waals surface area (Å²) in [5.74, 6) is 0.928. The molecule has 0 fully saturated rings. The molecule has 2 atom stereocenters. The average molecular weight is 342 g/mol. The molecule has 3 aromatic heterocycles. The molecule has 1 amide bonds. The van der Waals surface area contributed by atoms with Crippen LogP contribution in [0.4, 0.5) is 5.82 Å². The lowest BCUT2D eigenvalue weighted by atomic mass is 10.0. The van der Waals surface area contributed by atoms with Crippen molar-refractivity contribution in [1.29, 1.82) is 0 Å². The first kappa shape index (κ1) is 15.1. The molecule has 6 nitrogen and oxygen atoms in total. The quantitative estimate of drug-likeness (QED) is 0.730. The largest absolute Gasteiger partial charge is 0.472 e. The summed E-state index contributed by atoms with van der Waals surface area (Å²) in [6, 6.07) is 4.24. The lowest BCUT2D eigenvalue weighted by Crippen LogP contribution is -2.45. The van der Waals surface area contributed by atoms with E-state index >= 15 is 0 Å². The van der Waals surface area contributed by atoms with Crippen LogP contribution in [0.2, 0.25) is 0 Å². The molecule has 0 bridgehead atoms. The van der Waals surface area contributed by atoms with Gasteiger partial charge in [-0.15, -0.1) is 11.3 Å². The van der Waals surface area contributed by atoms with Gasteiger partial charge in [-0.05, 0) is 26.3 Å². The second kappa shape index (κ2) is 5.90. The highest BCUT2D eigenvalue weighted by molar-refractivity contribution is 7.13. The molecule has 0 radical (unpaired) electrons. The molecular weight excluding hydrogens is 324 g/mol.